The number of thioether (sulfide) groups is 1. The standard InChI is InChI=1S/C22H14F2N2O5S2/c23-17-2-1-3-18(24)16(17)12-33(30,31)15-8-9-19-20(11-15)32-21(22(27)25-19)10-13-4-6-14(7-5-13)26(28)29/h1-11H,12H2,(H,25,27)/b21-10+. The Kier molecular flexibility index (Phi) is 6.00. The number of sulfone groups is 1. The van der Waals surface area contributed by atoms with Gasteiger partial charge >= 0.3 is 0 Å². The monoisotopic (exact) mass is 488 g/mol. The first-order valence-corrected chi connectivity index (χ1v) is 11.9. The first-order chi connectivity index (χ1) is 15.6. The Bertz CT molecular complexity index is 1400. The Balaban J connectivity index is 1.63. The van der Waals surface area contributed by atoms with Crippen LogP contribution in [0.3, 0.4) is 0 Å². The molecule has 0 bridgehead atoms. The molecule has 0 radical (unpaired) electrons. The second-order valence-electron chi connectivity index (χ2n) is 7.03. The Hall–Kier alpha value is -3.57. The van der Waals surface area contributed by atoms with Crippen molar-refractivity contribution in [3.8, 4) is 0 Å². The Morgan fingerprint density at radius 1 is 1.03 bits per heavy atom. The number of carbonyl (C=O) groups is 1. The highest BCUT2D eigenvalue weighted by Crippen LogP contribution is 2.40. The summed E-state index contributed by atoms with van der Waals surface area (Å²) < 4.78 is 53.5. The zero-order valence-corrected chi connectivity index (χ0v) is 18.3. The number of hydrogen-bond donors (Lipinski definition) is 1. The normalized spacial score (nSPS) is 14.6. The third kappa shape index (κ3) is 4.78. The highest BCUT2D eigenvalue weighted by Gasteiger charge is 2.25. The summed E-state index contributed by atoms with van der Waals surface area (Å²) in [6.45, 7) is 0. The molecule has 1 amide bonds. The molecule has 0 saturated heterocycles. The van der Waals surface area contributed by atoms with Gasteiger partial charge in [0.1, 0.15) is 11.6 Å². The average molecular weight is 488 g/mol. The fraction of sp³-hybridized carbons (Fsp3) is 0.0455. The molecule has 7 nitrogen and oxygen atoms in total. The molecule has 168 valence electrons. The molecule has 0 saturated carbocycles. The number of nitro groups is 1. The molecule has 11 heteroatoms. The van der Waals surface area contributed by atoms with E-state index in [0.29, 0.717) is 16.1 Å². The van der Waals surface area contributed by atoms with Gasteiger partial charge < -0.3 is 5.32 Å². The number of amides is 1. The third-order valence-corrected chi connectivity index (χ3v) is 7.52. The van der Waals surface area contributed by atoms with Crippen molar-refractivity contribution in [2.45, 2.75) is 15.5 Å². The van der Waals surface area contributed by atoms with Crippen LogP contribution in [-0.4, -0.2) is 19.2 Å². The number of fused-ring (bicyclic) bond motifs is 1. The maximum absolute atomic E-state index is 13.9. The fourth-order valence-electron chi connectivity index (χ4n) is 3.11. The number of anilines is 1. The Morgan fingerprint density at radius 2 is 1.70 bits per heavy atom. The molecule has 0 aliphatic carbocycles. The van der Waals surface area contributed by atoms with Gasteiger partial charge in [-0.1, -0.05) is 17.8 Å². The summed E-state index contributed by atoms with van der Waals surface area (Å²) in [6, 6.07) is 12.7. The molecular formula is C22H14F2N2O5S2. The number of non-ortho nitro benzene ring substituents is 1. The minimum absolute atomic E-state index is 0.0932. The predicted octanol–water partition coefficient (Wildman–Crippen LogP) is 4.93. The summed E-state index contributed by atoms with van der Waals surface area (Å²) in [5.74, 6) is -3.18. The van der Waals surface area contributed by atoms with E-state index in [0.717, 1.165) is 30.0 Å². The molecule has 4 rings (SSSR count). The second-order valence-corrected chi connectivity index (χ2v) is 10.1. The molecule has 3 aromatic carbocycles. The molecule has 1 N–H and O–H groups in total. The Labute approximate surface area is 191 Å². The van der Waals surface area contributed by atoms with Gasteiger partial charge in [0.15, 0.2) is 9.84 Å². The van der Waals surface area contributed by atoms with Crippen LogP contribution in [0.25, 0.3) is 6.08 Å². The maximum atomic E-state index is 13.9. The number of carbonyl (C=O) groups excluding carboxylic acids is 1. The van der Waals surface area contributed by atoms with Crippen molar-refractivity contribution in [3.63, 3.8) is 0 Å². The number of rotatable bonds is 5. The summed E-state index contributed by atoms with van der Waals surface area (Å²) >= 11 is 1.02. The van der Waals surface area contributed by atoms with Gasteiger partial charge in [-0.2, -0.15) is 0 Å². The highest BCUT2D eigenvalue weighted by molar-refractivity contribution is 8.04. The molecule has 3 aromatic rings. The Morgan fingerprint density at radius 3 is 2.33 bits per heavy atom. The molecule has 0 unspecified atom stereocenters. The van der Waals surface area contributed by atoms with Gasteiger partial charge in [-0.15, -0.1) is 0 Å². The first-order valence-electron chi connectivity index (χ1n) is 9.39. The van der Waals surface area contributed by atoms with Crippen molar-refractivity contribution in [2.75, 3.05) is 5.32 Å². The molecule has 0 atom stereocenters. The van der Waals surface area contributed by atoms with Crippen LogP contribution in [0.1, 0.15) is 11.1 Å². The van der Waals surface area contributed by atoms with Crippen LogP contribution in [-0.2, 0) is 20.4 Å². The highest BCUT2D eigenvalue weighted by atomic mass is 32.2. The quantitative estimate of drug-likeness (QED) is 0.310. The summed E-state index contributed by atoms with van der Waals surface area (Å²) in [6.07, 6.45) is 1.52. The average Bonchev–Trinajstić information content (AvgIpc) is 2.77. The lowest BCUT2D eigenvalue weighted by atomic mass is 10.2. The minimum Gasteiger partial charge on any atom is -0.320 e. The maximum Gasteiger partial charge on any atom is 0.269 e. The van der Waals surface area contributed by atoms with Crippen LogP contribution in [0.4, 0.5) is 20.2 Å². The van der Waals surface area contributed by atoms with Gasteiger partial charge in [0.2, 0.25) is 0 Å². The van der Waals surface area contributed by atoms with E-state index >= 15 is 0 Å². The van der Waals surface area contributed by atoms with Crippen molar-refractivity contribution in [1.29, 1.82) is 0 Å². The summed E-state index contributed by atoms with van der Waals surface area (Å²) in [4.78, 5) is 23.2. The molecule has 0 spiro atoms. The van der Waals surface area contributed by atoms with Gasteiger partial charge in [-0.25, -0.2) is 17.2 Å². The van der Waals surface area contributed by atoms with Crippen LogP contribution in [0.5, 0.6) is 0 Å². The lowest BCUT2D eigenvalue weighted by molar-refractivity contribution is -0.384. The summed E-state index contributed by atoms with van der Waals surface area (Å²) in [5, 5.41) is 13.4. The third-order valence-electron chi connectivity index (χ3n) is 4.80. The largest absolute Gasteiger partial charge is 0.320 e. The van der Waals surface area contributed by atoms with E-state index in [-0.39, 0.29) is 15.5 Å². The summed E-state index contributed by atoms with van der Waals surface area (Å²) in [5.41, 5.74) is 0.293. The van der Waals surface area contributed by atoms with Crippen molar-refractivity contribution in [2.24, 2.45) is 0 Å². The molecule has 0 aromatic heterocycles. The SMILES string of the molecule is O=C1Nc2ccc(S(=O)(=O)Cc3c(F)cccc3F)cc2S/C1=C/c1ccc([N+](=O)[O-])cc1. The smallest absolute Gasteiger partial charge is 0.269 e. The van der Waals surface area contributed by atoms with E-state index in [2.05, 4.69) is 5.32 Å². The topological polar surface area (TPSA) is 106 Å². The number of nitro benzene ring substituents is 1. The first kappa shape index (κ1) is 22.6. The van der Waals surface area contributed by atoms with E-state index in [1.165, 1.54) is 48.5 Å². The van der Waals surface area contributed by atoms with Crippen molar-refractivity contribution >= 4 is 45.0 Å². The summed E-state index contributed by atoms with van der Waals surface area (Å²) in [7, 11) is -4.08. The number of hydrogen-bond acceptors (Lipinski definition) is 6. The van der Waals surface area contributed by atoms with Gasteiger partial charge in [-0.3, -0.25) is 14.9 Å². The van der Waals surface area contributed by atoms with E-state index in [4.69, 9.17) is 0 Å². The molecule has 33 heavy (non-hydrogen) atoms. The van der Waals surface area contributed by atoms with Crippen LogP contribution < -0.4 is 5.32 Å². The van der Waals surface area contributed by atoms with Crippen molar-refractivity contribution < 1.29 is 26.9 Å². The van der Waals surface area contributed by atoms with Crippen molar-refractivity contribution in [1.82, 2.24) is 0 Å². The molecule has 1 aliphatic rings. The predicted molar refractivity (Wildman–Crippen MR) is 119 cm³/mol. The van der Waals surface area contributed by atoms with E-state index in [1.54, 1.807) is 0 Å². The molecular weight excluding hydrogens is 474 g/mol. The van der Waals surface area contributed by atoms with Crippen LogP contribution in [0, 0.1) is 21.7 Å². The van der Waals surface area contributed by atoms with Crippen LogP contribution >= 0.6 is 11.8 Å². The number of benzene rings is 3. The number of nitrogens with zero attached hydrogens (tertiary/aromatic N) is 1. The van der Waals surface area contributed by atoms with Gasteiger partial charge in [0.05, 0.1) is 26.2 Å². The lowest BCUT2D eigenvalue weighted by Crippen LogP contribution is -2.18. The van der Waals surface area contributed by atoms with E-state index in [1.807, 2.05) is 0 Å². The van der Waals surface area contributed by atoms with Crippen LogP contribution in [0.15, 0.2) is 75.4 Å². The van der Waals surface area contributed by atoms with E-state index in [9.17, 15) is 32.1 Å². The van der Waals surface area contributed by atoms with Gasteiger partial charge in [0, 0.05) is 22.6 Å². The molecule has 1 heterocycles. The van der Waals surface area contributed by atoms with Gasteiger partial charge in [-0.05, 0) is 54.1 Å². The number of nitrogens with one attached hydrogen (secondary N) is 1. The fourth-order valence-corrected chi connectivity index (χ4v) is 5.58. The number of halogens is 2. The minimum atomic E-state index is -4.08. The zero-order chi connectivity index (χ0) is 23.8. The van der Waals surface area contributed by atoms with Gasteiger partial charge in [0.25, 0.3) is 11.6 Å². The van der Waals surface area contributed by atoms with E-state index < -0.39 is 43.6 Å². The zero-order valence-electron chi connectivity index (χ0n) is 16.6. The molecule has 1 aliphatic heterocycles. The van der Waals surface area contributed by atoms with Crippen molar-refractivity contribution in [3.05, 3.63) is 98.4 Å². The lowest BCUT2D eigenvalue weighted by Gasteiger charge is -2.19. The van der Waals surface area contributed by atoms with Crippen LogP contribution in [0.2, 0.25) is 0 Å². The molecule has 0 fully saturated rings. The second kappa shape index (κ2) is 8.75.